The molecule has 0 saturated carbocycles. The van der Waals surface area contributed by atoms with E-state index in [0.717, 1.165) is 16.7 Å². The van der Waals surface area contributed by atoms with Crippen molar-refractivity contribution in [2.45, 2.75) is 17.9 Å². The van der Waals surface area contributed by atoms with Gasteiger partial charge >= 0.3 is 5.97 Å². The Morgan fingerprint density at radius 2 is 1.68 bits per heavy atom. The fraction of sp³-hybridized carbons (Fsp3) is 0.148. The van der Waals surface area contributed by atoms with Crippen molar-refractivity contribution in [3.05, 3.63) is 78.1 Å². The minimum absolute atomic E-state index is 0.427. The number of benzene rings is 3. The predicted octanol–water partition coefficient (Wildman–Crippen LogP) is 6.36. The Balaban J connectivity index is 1.86. The van der Waals surface area contributed by atoms with Crippen LogP contribution in [0.1, 0.15) is 12.5 Å². The zero-order valence-electron chi connectivity index (χ0n) is 19.0. The summed E-state index contributed by atoms with van der Waals surface area (Å²) >= 11 is 1.70. The second kappa shape index (κ2) is 10.1. The lowest BCUT2D eigenvalue weighted by Crippen LogP contribution is -2.26. The number of rotatable bonds is 7. The van der Waals surface area contributed by atoms with Gasteiger partial charge in [-0.25, -0.2) is 9.37 Å². The average molecular weight is 474 g/mol. The molecule has 0 saturated heterocycles. The van der Waals surface area contributed by atoms with Crippen LogP contribution in [-0.2, 0) is 4.79 Å². The van der Waals surface area contributed by atoms with E-state index in [1.54, 1.807) is 31.1 Å². The standard InChI is InChI=1S/C27H24FN3O2S/c1-16(27(32)33)30-26-22-14-20(28)10-13-24(22)31-25(23(26)15-29-2)19-6-4-17(5-7-19)18-8-11-21(34-3)12-9-18/h4-16H,1-3H3,(H,30,31)(H,32,33). The van der Waals surface area contributed by atoms with Crippen molar-refractivity contribution in [1.29, 1.82) is 0 Å². The summed E-state index contributed by atoms with van der Waals surface area (Å²) in [5.74, 6) is -1.44. The Labute approximate surface area is 201 Å². The molecule has 0 aliphatic carbocycles. The number of aliphatic carboxylic acids is 1. The normalized spacial score (nSPS) is 12.2. The summed E-state index contributed by atoms with van der Waals surface area (Å²) in [6.45, 7) is 1.54. The molecular formula is C27H24FN3O2S. The van der Waals surface area contributed by atoms with Crippen LogP contribution in [0.3, 0.4) is 0 Å². The van der Waals surface area contributed by atoms with E-state index in [1.165, 1.54) is 24.0 Å². The maximum atomic E-state index is 14.1. The third-order valence-electron chi connectivity index (χ3n) is 5.56. The molecule has 0 aliphatic rings. The van der Waals surface area contributed by atoms with Crippen molar-refractivity contribution in [3.8, 4) is 22.4 Å². The smallest absolute Gasteiger partial charge is 0.325 e. The third kappa shape index (κ3) is 4.79. The molecule has 1 unspecified atom stereocenters. The van der Waals surface area contributed by atoms with Crippen LogP contribution in [0.2, 0.25) is 0 Å². The lowest BCUT2D eigenvalue weighted by atomic mass is 9.98. The van der Waals surface area contributed by atoms with Crippen molar-refractivity contribution in [3.63, 3.8) is 0 Å². The van der Waals surface area contributed by atoms with E-state index >= 15 is 0 Å². The molecule has 5 nitrogen and oxygen atoms in total. The van der Waals surface area contributed by atoms with Crippen molar-refractivity contribution in [2.24, 2.45) is 4.99 Å². The average Bonchev–Trinajstić information content (AvgIpc) is 2.85. The van der Waals surface area contributed by atoms with E-state index in [4.69, 9.17) is 4.98 Å². The number of carbonyl (C=O) groups is 1. The molecule has 0 spiro atoms. The van der Waals surface area contributed by atoms with Gasteiger partial charge in [-0.05, 0) is 54.6 Å². The lowest BCUT2D eigenvalue weighted by Gasteiger charge is -2.19. The van der Waals surface area contributed by atoms with Gasteiger partial charge in [0.2, 0.25) is 0 Å². The molecule has 0 radical (unpaired) electrons. The van der Waals surface area contributed by atoms with Gasteiger partial charge in [0.15, 0.2) is 0 Å². The zero-order chi connectivity index (χ0) is 24.2. The number of hydrogen-bond acceptors (Lipinski definition) is 5. The number of hydrogen-bond donors (Lipinski definition) is 2. The van der Waals surface area contributed by atoms with Crippen LogP contribution in [-0.4, -0.2) is 41.6 Å². The van der Waals surface area contributed by atoms with Gasteiger partial charge in [0.1, 0.15) is 11.9 Å². The molecule has 0 aliphatic heterocycles. The molecule has 172 valence electrons. The van der Waals surface area contributed by atoms with Crippen LogP contribution in [0, 0.1) is 5.82 Å². The molecule has 1 aromatic heterocycles. The number of aromatic nitrogens is 1. The largest absolute Gasteiger partial charge is 0.480 e. The Bertz CT molecular complexity index is 1370. The van der Waals surface area contributed by atoms with Crippen LogP contribution in [0.25, 0.3) is 33.3 Å². The number of nitrogens with zero attached hydrogens (tertiary/aromatic N) is 2. The first-order valence-electron chi connectivity index (χ1n) is 10.7. The van der Waals surface area contributed by atoms with Gasteiger partial charge in [0, 0.05) is 34.7 Å². The van der Waals surface area contributed by atoms with Crippen molar-refractivity contribution >= 4 is 40.5 Å². The maximum absolute atomic E-state index is 14.1. The number of anilines is 1. The number of pyridine rings is 1. The fourth-order valence-electron chi connectivity index (χ4n) is 3.76. The minimum Gasteiger partial charge on any atom is -0.480 e. The van der Waals surface area contributed by atoms with Crippen LogP contribution in [0.5, 0.6) is 0 Å². The summed E-state index contributed by atoms with van der Waals surface area (Å²) in [5, 5.41) is 13.0. The third-order valence-corrected chi connectivity index (χ3v) is 6.30. The molecule has 0 bridgehead atoms. The monoisotopic (exact) mass is 473 g/mol. The second-order valence-electron chi connectivity index (χ2n) is 7.81. The number of halogens is 1. The number of nitrogens with one attached hydrogen (secondary N) is 1. The van der Waals surface area contributed by atoms with Crippen molar-refractivity contribution in [2.75, 3.05) is 18.6 Å². The first kappa shape index (κ1) is 23.4. The van der Waals surface area contributed by atoms with Crippen LogP contribution < -0.4 is 5.32 Å². The van der Waals surface area contributed by atoms with Gasteiger partial charge in [-0.1, -0.05) is 36.4 Å². The van der Waals surface area contributed by atoms with Crippen LogP contribution in [0.15, 0.2) is 76.6 Å². The summed E-state index contributed by atoms with van der Waals surface area (Å²) in [5.41, 5.74) is 5.30. The highest BCUT2D eigenvalue weighted by molar-refractivity contribution is 7.98. The van der Waals surface area contributed by atoms with Gasteiger partial charge < -0.3 is 10.4 Å². The van der Waals surface area contributed by atoms with Gasteiger partial charge in [0.25, 0.3) is 0 Å². The topological polar surface area (TPSA) is 74.6 Å². The van der Waals surface area contributed by atoms with Gasteiger partial charge in [-0.15, -0.1) is 11.8 Å². The van der Waals surface area contributed by atoms with Crippen LogP contribution >= 0.6 is 11.8 Å². The van der Waals surface area contributed by atoms with E-state index in [-0.39, 0.29) is 0 Å². The van der Waals surface area contributed by atoms with E-state index < -0.39 is 17.8 Å². The molecule has 7 heteroatoms. The highest BCUT2D eigenvalue weighted by Crippen LogP contribution is 2.35. The van der Waals surface area contributed by atoms with Crippen molar-refractivity contribution < 1.29 is 14.3 Å². The summed E-state index contributed by atoms with van der Waals surface area (Å²) in [4.78, 5) is 21.7. The molecule has 3 aromatic carbocycles. The maximum Gasteiger partial charge on any atom is 0.325 e. The fourth-order valence-corrected chi connectivity index (χ4v) is 4.17. The van der Waals surface area contributed by atoms with Crippen LogP contribution in [0.4, 0.5) is 10.1 Å². The Kier molecular flexibility index (Phi) is 6.93. The first-order chi connectivity index (χ1) is 16.4. The van der Waals surface area contributed by atoms with Crippen molar-refractivity contribution in [1.82, 2.24) is 4.98 Å². The number of aliphatic imine (C=N–C) groups is 1. The zero-order valence-corrected chi connectivity index (χ0v) is 19.9. The predicted molar refractivity (Wildman–Crippen MR) is 139 cm³/mol. The van der Waals surface area contributed by atoms with Gasteiger partial charge in [-0.3, -0.25) is 9.79 Å². The van der Waals surface area contributed by atoms with E-state index in [1.807, 2.05) is 30.5 Å². The molecule has 4 aromatic rings. The summed E-state index contributed by atoms with van der Waals surface area (Å²) < 4.78 is 14.1. The molecular weight excluding hydrogens is 449 g/mol. The summed E-state index contributed by atoms with van der Waals surface area (Å²) in [6, 6.07) is 19.8. The first-order valence-corrected chi connectivity index (χ1v) is 11.9. The summed E-state index contributed by atoms with van der Waals surface area (Å²) in [7, 11) is 1.63. The summed E-state index contributed by atoms with van der Waals surface area (Å²) in [6.07, 6.45) is 3.67. The van der Waals surface area contributed by atoms with Gasteiger partial charge in [0.05, 0.1) is 16.9 Å². The van der Waals surface area contributed by atoms with E-state index in [9.17, 15) is 14.3 Å². The molecule has 0 amide bonds. The molecule has 1 atom stereocenters. The number of carboxylic acid groups (broad SMARTS) is 1. The Morgan fingerprint density at radius 1 is 1.06 bits per heavy atom. The molecule has 0 fully saturated rings. The lowest BCUT2D eigenvalue weighted by molar-refractivity contribution is -0.137. The quantitative estimate of drug-likeness (QED) is 0.241. The SMILES string of the molecule is CN=Cc1c(-c2ccc(-c3ccc(SC)cc3)cc2)nc2ccc(F)cc2c1NC(C)C(=O)O. The van der Waals surface area contributed by atoms with E-state index in [0.29, 0.717) is 27.8 Å². The molecule has 2 N–H and O–H groups in total. The molecule has 34 heavy (non-hydrogen) atoms. The van der Waals surface area contributed by atoms with Gasteiger partial charge in [-0.2, -0.15) is 0 Å². The number of thioether (sulfide) groups is 1. The highest BCUT2D eigenvalue weighted by atomic mass is 32.2. The minimum atomic E-state index is -1.01. The number of fused-ring (bicyclic) bond motifs is 1. The Hall–Kier alpha value is -3.71. The molecule has 4 rings (SSSR count). The Morgan fingerprint density at radius 3 is 2.26 bits per heavy atom. The second-order valence-corrected chi connectivity index (χ2v) is 8.69. The van der Waals surface area contributed by atoms with E-state index in [2.05, 4.69) is 34.6 Å². The number of carboxylic acids is 1. The molecule has 1 heterocycles. The highest BCUT2D eigenvalue weighted by Gasteiger charge is 2.20.